The van der Waals surface area contributed by atoms with E-state index in [1.807, 2.05) is 36.6 Å². The molecule has 0 amide bonds. The lowest BCUT2D eigenvalue weighted by Crippen LogP contribution is -2.15. The van der Waals surface area contributed by atoms with Gasteiger partial charge in [-0.25, -0.2) is 0 Å². The highest BCUT2D eigenvalue weighted by Crippen LogP contribution is 2.32. The van der Waals surface area contributed by atoms with Gasteiger partial charge in [-0.15, -0.1) is 0 Å². The van der Waals surface area contributed by atoms with Gasteiger partial charge in [-0.2, -0.15) is 17.0 Å². The highest BCUT2D eigenvalue weighted by molar-refractivity contribution is 7.99. The Labute approximate surface area is 115 Å². The van der Waals surface area contributed by atoms with E-state index in [-0.39, 0.29) is 5.25 Å². The second kappa shape index (κ2) is 6.60. The van der Waals surface area contributed by atoms with E-state index in [1.54, 1.807) is 11.8 Å². The second-order valence-electron chi connectivity index (χ2n) is 4.95. The Hall–Kier alpha value is -1.27. The van der Waals surface area contributed by atoms with Crippen LogP contribution >= 0.6 is 11.8 Å². The summed E-state index contributed by atoms with van der Waals surface area (Å²) < 4.78 is 4.44. The van der Waals surface area contributed by atoms with E-state index in [4.69, 9.17) is 0 Å². The van der Waals surface area contributed by atoms with Crippen molar-refractivity contribution in [3.05, 3.63) is 41.5 Å². The second-order valence-corrected chi connectivity index (χ2v) is 10.5. The molecule has 0 aliphatic rings. The molecule has 4 heteroatoms. The van der Waals surface area contributed by atoms with E-state index in [9.17, 15) is 5.26 Å². The molecule has 1 atom stereocenters. The first-order chi connectivity index (χ1) is 8.48. The van der Waals surface area contributed by atoms with Gasteiger partial charge in [-0.3, -0.25) is 4.66 Å². The molecule has 0 heterocycles. The van der Waals surface area contributed by atoms with Gasteiger partial charge >= 0.3 is 0 Å². The number of nitriles is 1. The maximum absolute atomic E-state index is 9.28. The van der Waals surface area contributed by atoms with Gasteiger partial charge in [0.1, 0.15) is 11.6 Å². The summed E-state index contributed by atoms with van der Waals surface area (Å²) in [6.07, 6.45) is 2.01. The third-order valence-corrected chi connectivity index (χ3v) is 3.99. The fourth-order valence-electron chi connectivity index (χ4n) is 1.42. The first-order valence-electron chi connectivity index (χ1n) is 5.80. The summed E-state index contributed by atoms with van der Waals surface area (Å²) in [4.78, 5) is 0. The monoisotopic (exact) mass is 274 g/mol. The highest BCUT2D eigenvalue weighted by Gasteiger charge is 2.16. The molecule has 1 unspecified atom stereocenters. The Balaban J connectivity index is 3.16. The summed E-state index contributed by atoms with van der Waals surface area (Å²) >= 11 is 1.64. The van der Waals surface area contributed by atoms with Crippen LogP contribution in [-0.2, 0) is 0 Å². The van der Waals surface area contributed by atoms with Crippen LogP contribution in [0.4, 0.5) is 0 Å². The third kappa shape index (κ3) is 4.54. The number of benzene rings is 1. The first-order valence-corrected chi connectivity index (χ1v) is 10.5. The van der Waals surface area contributed by atoms with Crippen molar-refractivity contribution in [2.45, 2.75) is 24.9 Å². The van der Waals surface area contributed by atoms with Gasteiger partial charge in [0.05, 0.1) is 5.25 Å². The van der Waals surface area contributed by atoms with Crippen LogP contribution in [0.15, 0.2) is 40.6 Å². The molecule has 0 spiro atoms. The lowest BCUT2D eigenvalue weighted by atomic mass is 10.1. The molecule has 1 aromatic rings. The molecule has 0 aromatic heterocycles. The van der Waals surface area contributed by atoms with Crippen LogP contribution in [-0.4, -0.2) is 20.4 Å². The van der Waals surface area contributed by atoms with Gasteiger partial charge in [0.2, 0.25) is 0 Å². The minimum absolute atomic E-state index is 0.0244. The predicted octanol–water partition coefficient (Wildman–Crippen LogP) is 4.05. The zero-order valence-corrected chi connectivity index (χ0v) is 13.1. The summed E-state index contributed by atoms with van der Waals surface area (Å²) in [7, 11) is -1.56. The smallest absolute Gasteiger partial charge is 0.184 e. The summed E-state index contributed by atoms with van der Waals surface area (Å²) in [5, 5.41) is 9.30. The van der Waals surface area contributed by atoms with E-state index in [0.29, 0.717) is 5.57 Å². The average Bonchev–Trinajstić information content (AvgIpc) is 2.34. The molecule has 0 saturated carbocycles. The van der Waals surface area contributed by atoms with Crippen LogP contribution in [0, 0.1) is 11.3 Å². The van der Waals surface area contributed by atoms with E-state index in [1.165, 1.54) is 0 Å². The van der Waals surface area contributed by atoms with Gasteiger partial charge in [0.15, 0.2) is 8.24 Å². The van der Waals surface area contributed by atoms with Crippen molar-refractivity contribution in [3.63, 3.8) is 0 Å². The first kappa shape index (κ1) is 14.8. The fourth-order valence-corrected chi connectivity index (χ4v) is 2.64. The van der Waals surface area contributed by atoms with Crippen LogP contribution in [0.3, 0.4) is 0 Å². The van der Waals surface area contributed by atoms with Crippen LogP contribution in [0.1, 0.15) is 10.8 Å². The molecular weight excluding hydrogens is 256 g/mol. The molecule has 18 heavy (non-hydrogen) atoms. The van der Waals surface area contributed by atoms with Crippen LogP contribution in [0.2, 0.25) is 19.6 Å². The molecule has 1 aromatic carbocycles. The summed E-state index contributed by atoms with van der Waals surface area (Å²) in [6.45, 7) is 6.39. The number of hydrogen-bond acceptors (Lipinski definition) is 3. The van der Waals surface area contributed by atoms with Crippen molar-refractivity contribution in [3.8, 4) is 6.07 Å². The van der Waals surface area contributed by atoms with E-state index < -0.39 is 8.24 Å². The lowest BCUT2D eigenvalue weighted by molar-refractivity contribution is 1.18. The highest BCUT2D eigenvalue weighted by atomic mass is 32.2. The number of rotatable bonds is 4. The Kier molecular flexibility index (Phi) is 5.42. The largest absolute Gasteiger partial charge is 0.283 e. The Bertz CT molecular complexity index is 491. The minimum Gasteiger partial charge on any atom is -0.283 e. The number of nitrogens with zero attached hydrogens (tertiary/aromatic N) is 2. The number of hydrogen-bond donors (Lipinski definition) is 0. The normalized spacial score (nSPS) is 12.2. The molecule has 0 radical (unpaired) electrons. The van der Waals surface area contributed by atoms with Crippen LogP contribution < -0.4 is 0 Å². The Morgan fingerprint density at radius 3 is 2.33 bits per heavy atom. The van der Waals surface area contributed by atoms with Crippen molar-refractivity contribution in [2.75, 3.05) is 6.26 Å². The van der Waals surface area contributed by atoms with Gasteiger partial charge in [-0.1, -0.05) is 30.3 Å². The molecule has 0 fully saturated rings. The van der Waals surface area contributed by atoms with Crippen molar-refractivity contribution in [2.24, 2.45) is 4.66 Å². The quantitative estimate of drug-likeness (QED) is 0.472. The molecule has 2 nitrogen and oxygen atoms in total. The van der Waals surface area contributed by atoms with Crippen LogP contribution in [0.25, 0.3) is 0 Å². The predicted molar refractivity (Wildman–Crippen MR) is 82.6 cm³/mol. The maximum atomic E-state index is 9.28. The molecule has 1 rings (SSSR count). The number of thioether (sulfide) groups is 1. The Morgan fingerprint density at radius 1 is 1.28 bits per heavy atom. The standard InChI is InChI=1S/C14H18N2SSi/c1-17-14(12-8-6-5-7-9-12)13(10-15)11-16-18(2,3)4/h5-9,14H,1-4H3. The topological polar surface area (TPSA) is 36.1 Å². The van der Waals surface area contributed by atoms with Crippen molar-refractivity contribution < 1.29 is 0 Å². The summed E-state index contributed by atoms with van der Waals surface area (Å²) in [6, 6.07) is 12.3. The zero-order valence-electron chi connectivity index (χ0n) is 11.3. The molecule has 0 bridgehead atoms. The van der Waals surface area contributed by atoms with Crippen LogP contribution in [0.5, 0.6) is 0 Å². The van der Waals surface area contributed by atoms with E-state index >= 15 is 0 Å². The molecule has 0 aliphatic heterocycles. The molecule has 0 aliphatic carbocycles. The summed E-state index contributed by atoms with van der Waals surface area (Å²) in [5.41, 5.74) is 1.73. The van der Waals surface area contributed by atoms with Crippen molar-refractivity contribution >= 4 is 25.9 Å². The minimum atomic E-state index is -1.56. The molecular formula is C14H18N2SSi. The fraction of sp³-hybridized carbons (Fsp3) is 0.357. The van der Waals surface area contributed by atoms with Gasteiger partial charge < -0.3 is 0 Å². The van der Waals surface area contributed by atoms with E-state index in [0.717, 1.165) is 5.56 Å². The van der Waals surface area contributed by atoms with Gasteiger partial charge in [-0.05, 0) is 37.3 Å². The average molecular weight is 274 g/mol. The zero-order chi connectivity index (χ0) is 13.6. The van der Waals surface area contributed by atoms with Crippen molar-refractivity contribution in [1.29, 1.82) is 5.26 Å². The molecule has 0 saturated heterocycles. The molecule has 0 N–H and O–H groups in total. The third-order valence-electron chi connectivity index (χ3n) is 2.23. The van der Waals surface area contributed by atoms with Gasteiger partial charge in [0.25, 0.3) is 0 Å². The lowest BCUT2D eigenvalue weighted by Gasteiger charge is -2.12. The van der Waals surface area contributed by atoms with Crippen molar-refractivity contribution in [1.82, 2.24) is 0 Å². The Morgan fingerprint density at radius 2 is 1.89 bits per heavy atom. The molecule has 94 valence electrons. The SMILES string of the molecule is CSC(C(=C=N[Si](C)(C)C)C#N)c1ccccc1. The van der Waals surface area contributed by atoms with E-state index in [2.05, 4.69) is 36.2 Å². The maximum Gasteiger partial charge on any atom is 0.184 e. The summed E-state index contributed by atoms with van der Waals surface area (Å²) in [5.74, 6) is 2.98. The van der Waals surface area contributed by atoms with Gasteiger partial charge in [0, 0.05) is 0 Å².